The van der Waals surface area contributed by atoms with Crippen LogP contribution in [0.25, 0.3) is 11.5 Å². The average molecular weight is 247 g/mol. The lowest BCUT2D eigenvalue weighted by Crippen LogP contribution is -2.28. The van der Waals surface area contributed by atoms with Crippen LogP contribution < -0.4 is 5.73 Å². The molecule has 5 heteroatoms. The normalized spacial score (nSPS) is 24.8. The molecule has 3 heterocycles. The quantitative estimate of drug-likeness (QED) is 0.894. The van der Waals surface area contributed by atoms with Crippen molar-refractivity contribution in [3.05, 3.63) is 30.2 Å². The summed E-state index contributed by atoms with van der Waals surface area (Å²) in [6.07, 6.45) is 1.62. The van der Waals surface area contributed by atoms with Crippen molar-refractivity contribution in [2.45, 2.75) is 19.5 Å². The second kappa shape index (κ2) is 4.59. The van der Waals surface area contributed by atoms with Crippen LogP contribution in [0.3, 0.4) is 0 Å². The minimum absolute atomic E-state index is 0.265. The fourth-order valence-corrected chi connectivity index (χ4v) is 2.37. The van der Waals surface area contributed by atoms with Gasteiger partial charge in [-0.15, -0.1) is 0 Å². The van der Waals surface area contributed by atoms with Gasteiger partial charge in [-0.1, -0.05) is 12.1 Å². The Kier molecular flexibility index (Phi) is 2.93. The first kappa shape index (κ1) is 11.5. The van der Waals surface area contributed by atoms with Gasteiger partial charge in [0.1, 0.15) is 0 Å². The molecule has 2 aromatic heterocycles. The molecule has 0 saturated carbocycles. The predicted octanol–water partition coefficient (Wildman–Crippen LogP) is 1.71. The van der Waals surface area contributed by atoms with Crippen molar-refractivity contribution in [2.24, 2.45) is 11.7 Å². The van der Waals surface area contributed by atoms with Gasteiger partial charge >= 0.3 is 0 Å². The third kappa shape index (κ3) is 2.19. The summed E-state index contributed by atoms with van der Waals surface area (Å²) >= 11 is 0. The molecule has 1 aliphatic rings. The SMILES string of the molecule is CC1CN(Cc2cc(-c3ccco3)on2)CC1N. The molecule has 18 heavy (non-hydrogen) atoms. The van der Waals surface area contributed by atoms with Gasteiger partial charge in [-0.05, 0) is 18.1 Å². The summed E-state index contributed by atoms with van der Waals surface area (Å²) in [4.78, 5) is 2.30. The lowest BCUT2D eigenvalue weighted by atomic mass is 10.1. The van der Waals surface area contributed by atoms with E-state index in [1.54, 1.807) is 6.26 Å². The summed E-state index contributed by atoms with van der Waals surface area (Å²) in [6, 6.07) is 5.88. The Labute approximate surface area is 106 Å². The molecule has 3 rings (SSSR count). The van der Waals surface area contributed by atoms with E-state index in [-0.39, 0.29) is 6.04 Å². The molecule has 0 aliphatic carbocycles. The highest BCUT2D eigenvalue weighted by molar-refractivity contribution is 5.49. The fraction of sp³-hybridized carbons (Fsp3) is 0.462. The van der Waals surface area contributed by atoms with E-state index < -0.39 is 0 Å². The zero-order chi connectivity index (χ0) is 12.5. The smallest absolute Gasteiger partial charge is 0.202 e. The van der Waals surface area contributed by atoms with Crippen molar-refractivity contribution < 1.29 is 8.94 Å². The monoisotopic (exact) mass is 247 g/mol. The number of hydrogen-bond donors (Lipinski definition) is 1. The summed E-state index contributed by atoms with van der Waals surface area (Å²) in [5.41, 5.74) is 6.92. The Morgan fingerprint density at radius 1 is 1.44 bits per heavy atom. The Hall–Kier alpha value is -1.59. The van der Waals surface area contributed by atoms with Crippen molar-refractivity contribution in [1.29, 1.82) is 0 Å². The van der Waals surface area contributed by atoms with Crippen LogP contribution in [-0.4, -0.2) is 29.2 Å². The van der Waals surface area contributed by atoms with Crippen molar-refractivity contribution in [3.8, 4) is 11.5 Å². The molecule has 1 aliphatic heterocycles. The van der Waals surface area contributed by atoms with Gasteiger partial charge in [0.05, 0.1) is 12.0 Å². The van der Waals surface area contributed by atoms with Gasteiger partial charge < -0.3 is 14.7 Å². The van der Waals surface area contributed by atoms with Gasteiger partial charge in [0.15, 0.2) is 5.76 Å². The Morgan fingerprint density at radius 3 is 3.00 bits per heavy atom. The molecule has 0 aromatic carbocycles. The zero-order valence-corrected chi connectivity index (χ0v) is 10.4. The first-order chi connectivity index (χ1) is 8.72. The van der Waals surface area contributed by atoms with Crippen molar-refractivity contribution >= 4 is 0 Å². The third-order valence-corrected chi connectivity index (χ3v) is 3.45. The maximum atomic E-state index is 6.00. The molecular weight excluding hydrogens is 230 g/mol. The van der Waals surface area contributed by atoms with Crippen molar-refractivity contribution in [1.82, 2.24) is 10.1 Å². The molecule has 1 saturated heterocycles. The summed E-state index contributed by atoms with van der Waals surface area (Å²) in [5, 5.41) is 4.07. The summed E-state index contributed by atoms with van der Waals surface area (Å²) < 4.78 is 10.5. The number of hydrogen-bond acceptors (Lipinski definition) is 5. The van der Waals surface area contributed by atoms with Crippen molar-refractivity contribution in [2.75, 3.05) is 13.1 Å². The number of likely N-dealkylation sites (tertiary alicyclic amines) is 1. The molecule has 1 fully saturated rings. The maximum Gasteiger partial charge on any atom is 0.202 e. The third-order valence-electron chi connectivity index (χ3n) is 3.45. The molecule has 0 radical (unpaired) electrons. The van der Waals surface area contributed by atoms with Crippen LogP contribution in [0.4, 0.5) is 0 Å². The van der Waals surface area contributed by atoms with Gasteiger partial charge in [-0.25, -0.2) is 0 Å². The molecule has 5 nitrogen and oxygen atoms in total. The van der Waals surface area contributed by atoms with Crippen LogP contribution in [0.5, 0.6) is 0 Å². The molecule has 0 amide bonds. The van der Waals surface area contributed by atoms with Gasteiger partial charge in [0, 0.05) is 31.7 Å². The fourth-order valence-electron chi connectivity index (χ4n) is 2.37. The Balaban J connectivity index is 1.68. The van der Waals surface area contributed by atoms with Crippen LogP contribution in [0.15, 0.2) is 33.4 Å². The van der Waals surface area contributed by atoms with E-state index in [1.165, 1.54) is 0 Å². The number of rotatable bonds is 3. The van der Waals surface area contributed by atoms with E-state index in [4.69, 9.17) is 14.7 Å². The highest BCUT2D eigenvalue weighted by Gasteiger charge is 2.27. The number of nitrogens with two attached hydrogens (primary N) is 1. The lowest BCUT2D eigenvalue weighted by molar-refractivity contribution is 0.304. The van der Waals surface area contributed by atoms with Gasteiger partial charge in [-0.2, -0.15) is 0 Å². The molecule has 2 N–H and O–H groups in total. The molecule has 2 aromatic rings. The molecular formula is C13H17N3O2. The van der Waals surface area contributed by atoms with Crippen LogP contribution in [0.1, 0.15) is 12.6 Å². The van der Waals surface area contributed by atoms with Gasteiger partial charge in [0.2, 0.25) is 5.76 Å². The molecule has 0 bridgehead atoms. The highest BCUT2D eigenvalue weighted by atomic mass is 16.5. The Morgan fingerprint density at radius 2 is 2.33 bits per heavy atom. The molecule has 0 spiro atoms. The van der Waals surface area contributed by atoms with E-state index in [0.717, 1.165) is 25.3 Å². The predicted molar refractivity (Wildman–Crippen MR) is 66.6 cm³/mol. The first-order valence-corrected chi connectivity index (χ1v) is 6.20. The van der Waals surface area contributed by atoms with Gasteiger partial charge in [0.25, 0.3) is 0 Å². The van der Waals surface area contributed by atoms with Crippen molar-refractivity contribution in [3.63, 3.8) is 0 Å². The van der Waals surface area contributed by atoms with Crippen LogP contribution in [0, 0.1) is 5.92 Å². The standard InChI is InChI=1S/C13H17N3O2/c1-9-6-16(8-11(9)14)7-10-5-13(18-15-10)12-3-2-4-17-12/h2-5,9,11H,6-8,14H2,1H3. The number of aromatic nitrogens is 1. The number of furan rings is 1. The second-order valence-electron chi connectivity index (χ2n) is 5.00. The van der Waals surface area contributed by atoms with E-state index >= 15 is 0 Å². The molecule has 96 valence electrons. The zero-order valence-electron chi connectivity index (χ0n) is 10.4. The molecule has 2 atom stereocenters. The van der Waals surface area contributed by atoms with Crippen LogP contribution in [0.2, 0.25) is 0 Å². The van der Waals surface area contributed by atoms with E-state index in [2.05, 4.69) is 17.0 Å². The highest BCUT2D eigenvalue weighted by Crippen LogP contribution is 2.22. The minimum atomic E-state index is 0.265. The van der Waals surface area contributed by atoms with Crippen LogP contribution >= 0.6 is 0 Å². The van der Waals surface area contributed by atoms with Crippen LogP contribution in [-0.2, 0) is 6.54 Å². The largest absolute Gasteiger partial charge is 0.461 e. The number of nitrogens with zero attached hydrogens (tertiary/aromatic N) is 2. The van der Waals surface area contributed by atoms with E-state index in [1.807, 2.05) is 18.2 Å². The second-order valence-corrected chi connectivity index (χ2v) is 5.00. The summed E-state index contributed by atoms with van der Waals surface area (Å²) in [6.45, 7) is 4.90. The minimum Gasteiger partial charge on any atom is -0.461 e. The van der Waals surface area contributed by atoms with E-state index in [9.17, 15) is 0 Å². The first-order valence-electron chi connectivity index (χ1n) is 6.20. The maximum absolute atomic E-state index is 6.00. The van der Waals surface area contributed by atoms with E-state index in [0.29, 0.717) is 17.4 Å². The summed E-state index contributed by atoms with van der Waals surface area (Å²) in [7, 11) is 0. The lowest BCUT2D eigenvalue weighted by Gasteiger charge is -2.12. The van der Waals surface area contributed by atoms with Gasteiger partial charge in [-0.3, -0.25) is 4.90 Å². The topological polar surface area (TPSA) is 68.4 Å². The molecule has 2 unspecified atom stereocenters. The Bertz CT molecular complexity index is 496. The summed E-state index contributed by atoms with van der Waals surface area (Å²) in [5.74, 6) is 1.92. The average Bonchev–Trinajstić information content (AvgIpc) is 3.02.